The summed E-state index contributed by atoms with van der Waals surface area (Å²) >= 11 is 0. The third-order valence-corrected chi connectivity index (χ3v) is 17.9. The van der Waals surface area contributed by atoms with Crippen LogP contribution in [0.2, 0.25) is 0 Å². The molecule has 3 N–H and O–H groups in total. The van der Waals surface area contributed by atoms with Crippen molar-refractivity contribution in [2.75, 3.05) is 40.9 Å². The number of carbonyl (C=O) groups excluding carboxylic acids is 1. The molecule has 0 heterocycles. The van der Waals surface area contributed by atoms with Gasteiger partial charge in [-0.3, -0.25) is 13.8 Å². The molecule has 0 aromatic heterocycles. The molecular formula is C81H148N2O6P+. The van der Waals surface area contributed by atoms with Gasteiger partial charge in [-0.1, -0.05) is 354 Å². The van der Waals surface area contributed by atoms with Gasteiger partial charge in [-0.15, -0.1) is 0 Å². The second-order valence-electron chi connectivity index (χ2n) is 27.0. The van der Waals surface area contributed by atoms with Crippen molar-refractivity contribution < 1.29 is 32.9 Å². The summed E-state index contributed by atoms with van der Waals surface area (Å²) in [4.78, 5) is 23.5. The van der Waals surface area contributed by atoms with Crippen molar-refractivity contribution in [1.29, 1.82) is 0 Å². The zero-order chi connectivity index (χ0) is 65.5. The standard InChI is InChI=1S/C81H147N2O6P/c1-6-8-10-12-14-16-18-20-22-24-26-28-30-32-34-36-37-38-39-40-41-42-43-44-45-47-49-51-53-55-57-59-61-63-65-67-69-71-73-75-81(85)82-79(78-89-90(86,87)88-77-76-83(3,4)5)80(84)74-72-70-68-66-64-62-60-58-56-54-52-50-48-46-35-33-31-29-27-25-23-21-19-17-15-13-11-9-7-2/h8,10,14,16,20,22,26,28,32,34,37-38,56,58,64,66,72,74,79-80,84H,6-7,9,11-13,15,17-19,21,23-25,27,29-31,33,35-36,39-55,57,59-63,65,67-71,73,75-78H2,1-5H3,(H-,82,85,86,87)/p+1/b10-8-,16-14-,22-20-,28-26-,34-32-,38-37-,58-56+,66-64+,74-72+. The van der Waals surface area contributed by atoms with Gasteiger partial charge < -0.3 is 19.8 Å². The fourth-order valence-corrected chi connectivity index (χ4v) is 11.8. The molecule has 0 fully saturated rings. The number of amides is 1. The Morgan fingerprint density at radius 2 is 0.678 bits per heavy atom. The van der Waals surface area contributed by atoms with E-state index in [-0.39, 0.29) is 19.1 Å². The fourth-order valence-electron chi connectivity index (χ4n) is 11.1. The number of hydrogen-bond acceptors (Lipinski definition) is 5. The van der Waals surface area contributed by atoms with Gasteiger partial charge in [-0.25, -0.2) is 4.57 Å². The Hall–Kier alpha value is -2.84. The summed E-state index contributed by atoms with van der Waals surface area (Å²) in [6.45, 7) is 4.71. The number of nitrogens with zero attached hydrogens (tertiary/aromatic N) is 1. The monoisotopic (exact) mass is 1280 g/mol. The Kier molecular flexibility index (Phi) is 68.3. The number of unbranched alkanes of at least 4 members (excludes halogenated alkanes) is 41. The molecule has 0 aliphatic heterocycles. The fraction of sp³-hybridized carbons (Fsp3) is 0.765. The molecule has 0 rings (SSSR count). The molecular weight excluding hydrogens is 1130 g/mol. The molecule has 0 saturated heterocycles. The number of nitrogens with one attached hydrogen (secondary N) is 1. The van der Waals surface area contributed by atoms with Gasteiger partial charge in [-0.05, 0) is 96.3 Å². The summed E-state index contributed by atoms with van der Waals surface area (Å²) in [6.07, 6.45) is 104. The molecule has 1 amide bonds. The van der Waals surface area contributed by atoms with Crippen molar-refractivity contribution in [2.24, 2.45) is 0 Å². The van der Waals surface area contributed by atoms with E-state index in [1.807, 2.05) is 27.2 Å². The number of quaternary nitrogens is 1. The molecule has 9 heteroatoms. The number of likely N-dealkylation sites (N-methyl/N-ethyl adjacent to an activating group) is 1. The van der Waals surface area contributed by atoms with E-state index < -0.39 is 20.0 Å². The molecule has 0 saturated carbocycles. The predicted molar refractivity (Wildman–Crippen MR) is 396 cm³/mol. The lowest BCUT2D eigenvalue weighted by Gasteiger charge is -2.25. The van der Waals surface area contributed by atoms with E-state index in [1.54, 1.807) is 6.08 Å². The predicted octanol–water partition coefficient (Wildman–Crippen LogP) is 25.0. The highest BCUT2D eigenvalue weighted by Gasteiger charge is 2.28. The Morgan fingerprint density at radius 1 is 0.389 bits per heavy atom. The van der Waals surface area contributed by atoms with Gasteiger partial charge in [0.05, 0.1) is 39.9 Å². The second kappa shape index (κ2) is 70.5. The zero-order valence-corrected chi connectivity index (χ0v) is 60.8. The highest BCUT2D eigenvalue weighted by molar-refractivity contribution is 7.47. The Balaban J connectivity index is 4.05. The molecule has 8 nitrogen and oxygen atoms in total. The highest BCUT2D eigenvalue weighted by atomic mass is 31.2. The Bertz CT molecular complexity index is 1840. The van der Waals surface area contributed by atoms with E-state index in [4.69, 9.17) is 9.05 Å². The Morgan fingerprint density at radius 3 is 1.02 bits per heavy atom. The lowest BCUT2D eigenvalue weighted by molar-refractivity contribution is -0.870. The van der Waals surface area contributed by atoms with Gasteiger partial charge in [0, 0.05) is 6.42 Å². The molecule has 0 radical (unpaired) electrons. The first-order valence-electron chi connectivity index (χ1n) is 38.3. The average Bonchev–Trinajstić information content (AvgIpc) is 3.72. The number of rotatable bonds is 70. The van der Waals surface area contributed by atoms with Gasteiger partial charge >= 0.3 is 7.82 Å². The van der Waals surface area contributed by atoms with Crippen molar-refractivity contribution >= 4 is 13.7 Å². The minimum Gasteiger partial charge on any atom is -0.387 e. The van der Waals surface area contributed by atoms with Crippen molar-refractivity contribution in [3.8, 4) is 0 Å². The molecule has 0 aliphatic carbocycles. The zero-order valence-electron chi connectivity index (χ0n) is 59.9. The summed E-state index contributed by atoms with van der Waals surface area (Å²) in [5, 5.41) is 14.0. The number of aliphatic hydroxyl groups is 1. The van der Waals surface area contributed by atoms with E-state index in [0.717, 1.165) is 83.5 Å². The van der Waals surface area contributed by atoms with Crippen LogP contribution in [0.15, 0.2) is 109 Å². The number of phosphoric acid groups is 1. The summed E-state index contributed by atoms with van der Waals surface area (Å²) in [7, 11) is 1.55. The van der Waals surface area contributed by atoms with E-state index in [1.165, 1.54) is 244 Å². The lowest BCUT2D eigenvalue weighted by Crippen LogP contribution is -2.45. The third-order valence-electron chi connectivity index (χ3n) is 17.0. The van der Waals surface area contributed by atoms with Crippen LogP contribution in [-0.4, -0.2) is 73.4 Å². The molecule has 0 bridgehead atoms. The minimum atomic E-state index is -4.37. The van der Waals surface area contributed by atoms with Gasteiger partial charge in [0.1, 0.15) is 13.2 Å². The van der Waals surface area contributed by atoms with Crippen molar-refractivity contribution in [1.82, 2.24) is 5.32 Å². The molecule has 3 unspecified atom stereocenters. The van der Waals surface area contributed by atoms with Gasteiger partial charge in [0.2, 0.25) is 5.91 Å². The number of hydrogen-bond donors (Lipinski definition) is 3. The summed E-state index contributed by atoms with van der Waals surface area (Å²) in [5.74, 6) is -0.188. The van der Waals surface area contributed by atoms with Crippen LogP contribution >= 0.6 is 7.82 Å². The van der Waals surface area contributed by atoms with E-state index in [0.29, 0.717) is 17.4 Å². The van der Waals surface area contributed by atoms with E-state index >= 15 is 0 Å². The number of carbonyl (C=O) groups is 1. The molecule has 90 heavy (non-hydrogen) atoms. The van der Waals surface area contributed by atoms with Crippen LogP contribution in [0.5, 0.6) is 0 Å². The van der Waals surface area contributed by atoms with E-state index in [2.05, 4.69) is 116 Å². The molecule has 522 valence electrons. The first-order valence-corrected chi connectivity index (χ1v) is 39.8. The summed E-state index contributed by atoms with van der Waals surface area (Å²) < 4.78 is 23.8. The number of allylic oxidation sites excluding steroid dienone is 17. The van der Waals surface area contributed by atoms with Gasteiger partial charge in [0.25, 0.3) is 0 Å². The number of phosphoric ester groups is 1. The molecule has 0 spiro atoms. The Labute approximate surface area is 559 Å². The van der Waals surface area contributed by atoms with Crippen LogP contribution < -0.4 is 5.32 Å². The summed E-state index contributed by atoms with van der Waals surface area (Å²) in [5.41, 5.74) is 0. The SMILES string of the molecule is CC/C=C\C/C=C\C/C=C\C/C=C\C/C=C\C/C=C\CCCCCCCCCCCCCCCCCCCCCCC(=O)NC(COP(=O)(O)OCC[N+](C)(C)C)C(O)/C=C/CC/C=C/CC/C=C/CCCCCCCCCCCCCCCCCCCCC. The first kappa shape index (κ1) is 87.2. The molecule has 0 aliphatic rings. The molecule has 3 atom stereocenters. The van der Waals surface area contributed by atoms with Crippen LogP contribution in [0.3, 0.4) is 0 Å². The quantitative estimate of drug-likeness (QED) is 0.0243. The van der Waals surface area contributed by atoms with Crippen LogP contribution in [0.25, 0.3) is 0 Å². The first-order chi connectivity index (χ1) is 44.0. The van der Waals surface area contributed by atoms with Gasteiger partial charge in [-0.2, -0.15) is 0 Å². The van der Waals surface area contributed by atoms with Crippen LogP contribution in [-0.2, 0) is 18.4 Å². The van der Waals surface area contributed by atoms with Crippen molar-refractivity contribution in [3.05, 3.63) is 109 Å². The van der Waals surface area contributed by atoms with Crippen molar-refractivity contribution in [2.45, 2.75) is 360 Å². The smallest absolute Gasteiger partial charge is 0.387 e. The average molecular weight is 1280 g/mol. The third kappa shape index (κ3) is 72.6. The minimum absolute atomic E-state index is 0.0514. The van der Waals surface area contributed by atoms with Crippen LogP contribution in [0.1, 0.15) is 348 Å². The lowest BCUT2D eigenvalue weighted by atomic mass is 10.0. The van der Waals surface area contributed by atoms with E-state index in [9.17, 15) is 19.4 Å². The van der Waals surface area contributed by atoms with Crippen LogP contribution in [0, 0.1) is 0 Å². The molecule has 0 aromatic carbocycles. The van der Waals surface area contributed by atoms with Gasteiger partial charge in [0.15, 0.2) is 0 Å². The maximum absolute atomic E-state index is 13.1. The topological polar surface area (TPSA) is 105 Å². The molecule has 0 aromatic rings. The number of aliphatic hydroxyl groups excluding tert-OH is 1. The maximum Gasteiger partial charge on any atom is 0.472 e. The van der Waals surface area contributed by atoms with Crippen molar-refractivity contribution in [3.63, 3.8) is 0 Å². The summed E-state index contributed by atoms with van der Waals surface area (Å²) in [6, 6.07) is -0.876. The van der Waals surface area contributed by atoms with Crippen LogP contribution in [0.4, 0.5) is 0 Å². The highest BCUT2D eigenvalue weighted by Crippen LogP contribution is 2.43. The largest absolute Gasteiger partial charge is 0.472 e. The maximum atomic E-state index is 13.1. The second-order valence-corrected chi connectivity index (χ2v) is 28.4. The normalized spacial score (nSPS) is 14.2.